The second-order valence-electron chi connectivity index (χ2n) is 5.90. The molecule has 0 heterocycles. The largest absolute Gasteiger partial charge is 0.481 e. The normalized spacial score (nSPS) is 14.8. The minimum atomic E-state index is -0.593. The second-order valence-corrected chi connectivity index (χ2v) is 5.90. The SMILES string of the molecule is CC(Oc1ccc(C(=O)c2ccc(F)cc2)cc1)C(=O)NC1CC1. The molecule has 1 aliphatic carbocycles. The average Bonchev–Trinajstić information content (AvgIpc) is 3.39. The molecule has 2 aromatic carbocycles. The van der Waals surface area contributed by atoms with Crippen LogP contribution in [0.15, 0.2) is 48.5 Å². The summed E-state index contributed by atoms with van der Waals surface area (Å²) in [6, 6.07) is 12.3. The van der Waals surface area contributed by atoms with Crippen LogP contribution < -0.4 is 10.1 Å². The van der Waals surface area contributed by atoms with E-state index >= 15 is 0 Å². The summed E-state index contributed by atoms with van der Waals surface area (Å²) in [6.07, 6.45) is 1.46. The molecule has 1 atom stereocenters. The van der Waals surface area contributed by atoms with Gasteiger partial charge in [0.2, 0.25) is 0 Å². The van der Waals surface area contributed by atoms with E-state index in [9.17, 15) is 14.0 Å². The van der Waals surface area contributed by atoms with Crippen LogP contribution in [0.25, 0.3) is 0 Å². The molecule has 0 aliphatic heterocycles. The van der Waals surface area contributed by atoms with Crippen molar-refractivity contribution in [3.63, 3.8) is 0 Å². The fourth-order valence-corrected chi connectivity index (χ4v) is 2.26. The first kappa shape index (κ1) is 16.2. The van der Waals surface area contributed by atoms with Crippen molar-refractivity contribution in [2.75, 3.05) is 0 Å². The van der Waals surface area contributed by atoms with Gasteiger partial charge in [-0.2, -0.15) is 0 Å². The van der Waals surface area contributed by atoms with E-state index in [4.69, 9.17) is 4.74 Å². The number of hydrogen-bond donors (Lipinski definition) is 1. The zero-order valence-electron chi connectivity index (χ0n) is 13.3. The lowest BCUT2D eigenvalue weighted by atomic mass is 10.0. The van der Waals surface area contributed by atoms with Gasteiger partial charge >= 0.3 is 0 Å². The Labute approximate surface area is 139 Å². The molecular formula is C19H18FNO3. The third-order valence-corrected chi connectivity index (χ3v) is 3.83. The van der Waals surface area contributed by atoms with E-state index in [-0.39, 0.29) is 17.5 Å². The molecule has 0 saturated heterocycles. The zero-order chi connectivity index (χ0) is 17.1. The highest BCUT2D eigenvalue weighted by Gasteiger charge is 2.26. The minimum Gasteiger partial charge on any atom is -0.481 e. The van der Waals surface area contributed by atoms with Crippen LogP contribution in [0.5, 0.6) is 5.75 Å². The quantitative estimate of drug-likeness (QED) is 0.830. The number of benzene rings is 2. The van der Waals surface area contributed by atoms with Crippen LogP contribution in [0.2, 0.25) is 0 Å². The summed E-state index contributed by atoms with van der Waals surface area (Å²) in [5.74, 6) is -0.192. The lowest BCUT2D eigenvalue weighted by molar-refractivity contribution is -0.127. The summed E-state index contributed by atoms with van der Waals surface area (Å²) >= 11 is 0. The highest BCUT2D eigenvalue weighted by Crippen LogP contribution is 2.20. The number of carbonyl (C=O) groups excluding carboxylic acids is 2. The molecule has 2 aromatic rings. The maximum atomic E-state index is 12.9. The number of ketones is 1. The van der Waals surface area contributed by atoms with Crippen LogP contribution in [-0.2, 0) is 4.79 Å². The van der Waals surface area contributed by atoms with Gasteiger partial charge in [-0.05, 0) is 68.3 Å². The Morgan fingerprint density at radius 3 is 2.12 bits per heavy atom. The van der Waals surface area contributed by atoms with Crippen LogP contribution in [0.3, 0.4) is 0 Å². The molecule has 3 rings (SSSR count). The van der Waals surface area contributed by atoms with Gasteiger partial charge in [0.25, 0.3) is 5.91 Å². The number of rotatable bonds is 6. The molecule has 1 aliphatic rings. The van der Waals surface area contributed by atoms with Crippen molar-refractivity contribution >= 4 is 11.7 Å². The predicted octanol–water partition coefficient (Wildman–Crippen LogP) is 3.10. The van der Waals surface area contributed by atoms with Crippen LogP contribution in [-0.4, -0.2) is 23.8 Å². The fraction of sp³-hybridized carbons (Fsp3) is 0.263. The Kier molecular flexibility index (Phi) is 4.60. The van der Waals surface area contributed by atoms with Gasteiger partial charge in [-0.1, -0.05) is 0 Å². The molecule has 1 N–H and O–H groups in total. The van der Waals surface area contributed by atoms with E-state index in [0.29, 0.717) is 22.9 Å². The van der Waals surface area contributed by atoms with E-state index in [1.54, 1.807) is 31.2 Å². The van der Waals surface area contributed by atoms with E-state index in [0.717, 1.165) is 12.8 Å². The van der Waals surface area contributed by atoms with Crippen LogP contribution in [0.4, 0.5) is 4.39 Å². The van der Waals surface area contributed by atoms with Crippen molar-refractivity contribution in [3.05, 3.63) is 65.5 Å². The van der Waals surface area contributed by atoms with E-state index in [1.807, 2.05) is 0 Å². The second kappa shape index (κ2) is 6.83. The number of nitrogens with one attached hydrogen (secondary N) is 1. The summed E-state index contributed by atoms with van der Waals surface area (Å²) < 4.78 is 18.5. The molecular weight excluding hydrogens is 309 g/mol. The molecule has 0 bridgehead atoms. The van der Waals surface area contributed by atoms with Gasteiger partial charge in [-0.15, -0.1) is 0 Å². The van der Waals surface area contributed by atoms with E-state index in [2.05, 4.69) is 5.32 Å². The fourth-order valence-electron chi connectivity index (χ4n) is 2.26. The van der Waals surface area contributed by atoms with Gasteiger partial charge in [0.05, 0.1) is 0 Å². The molecule has 0 aromatic heterocycles. The van der Waals surface area contributed by atoms with Gasteiger partial charge in [0.15, 0.2) is 11.9 Å². The van der Waals surface area contributed by atoms with Crippen molar-refractivity contribution < 1.29 is 18.7 Å². The Morgan fingerprint density at radius 1 is 1.04 bits per heavy atom. The highest BCUT2D eigenvalue weighted by molar-refractivity contribution is 6.09. The zero-order valence-corrected chi connectivity index (χ0v) is 13.3. The van der Waals surface area contributed by atoms with Crippen molar-refractivity contribution in [2.45, 2.75) is 31.9 Å². The highest BCUT2D eigenvalue weighted by atomic mass is 19.1. The first-order valence-corrected chi connectivity index (χ1v) is 7.90. The summed E-state index contributed by atoms with van der Waals surface area (Å²) in [6.45, 7) is 1.69. The van der Waals surface area contributed by atoms with Gasteiger partial charge in [0.1, 0.15) is 11.6 Å². The standard InChI is InChI=1S/C19H18FNO3/c1-12(19(23)21-16-8-9-16)24-17-10-4-14(5-11-17)18(22)13-2-6-15(20)7-3-13/h2-7,10-12,16H,8-9H2,1H3,(H,21,23). The van der Waals surface area contributed by atoms with Crippen molar-refractivity contribution in [3.8, 4) is 5.75 Å². The molecule has 0 radical (unpaired) electrons. The Morgan fingerprint density at radius 2 is 1.58 bits per heavy atom. The molecule has 24 heavy (non-hydrogen) atoms. The molecule has 4 nitrogen and oxygen atoms in total. The first-order valence-electron chi connectivity index (χ1n) is 7.90. The smallest absolute Gasteiger partial charge is 0.260 e. The molecule has 1 amide bonds. The number of hydrogen-bond acceptors (Lipinski definition) is 3. The Bertz CT molecular complexity index is 736. The maximum Gasteiger partial charge on any atom is 0.260 e. The minimum absolute atomic E-state index is 0.135. The third-order valence-electron chi connectivity index (χ3n) is 3.83. The molecule has 1 saturated carbocycles. The average molecular weight is 327 g/mol. The van der Waals surface area contributed by atoms with Gasteiger partial charge in [0, 0.05) is 17.2 Å². The van der Waals surface area contributed by atoms with Crippen LogP contribution in [0, 0.1) is 5.82 Å². The lowest BCUT2D eigenvalue weighted by Crippen LogP contribution is -2.37. The van der Waals surface area contributed by atoms with Gasteiger partial charge < -0.3 is 10.1 Å². The summed E-state index contributed by atoms with van der Waals surface area (Å²) in [5, 5.41) is 2.88. The summed E-state index contributed by atoms with van der Waals surface area (Å²) in [4.78, 5) is 24.2. The molecule has 0 spiro atoms. The monoisotopic (exact) mass is 327 g/mol. The van der Waals surface area contributed by atoms with Crippen molar-refractivity contribution in [1.29, 1.82) is 0 Å². The Hall–Kier alpha value is -2.69. The lowest BCUT2D eigenvalue weighted by Gasteiger charge is -2.14. The maximum absolute atomic E-state index is 12.9. The van der Waals surface area contributed by atoms with Gasteiger partial charge in [-0.25, -0.2) is 4.39 Å². The molecule has 1 unspecified atom stereocenters. The number of halogens is 1. The van der Waals surface area contributed by atoms with Crippen LogP contribution in [0.1, 0.15) is 35.7 Å². The molecule has 1 fully saturated rings. The Balaban J connectivity index is 1.63. The summed E-state index contributed by atoms with van der Waals surface area (Å²) in [7, 11) is 0. The number of carbonyl (C=O) groups is 2. The molecule has 124 valence electrons. The van der Waals surface area contributed by atoms with Crippen molar-refractivity contribution in [1.82, 2.24) is 5.32 Å². The third kappa shape index (κ3) is 3.98. The van der Waals surface area contributed by atoms with E-state index in [1.165, 1.54) is 24.3 Å². The number of ether oxygens (including phenoxy) is 1. The molecule has 5 heteroatoms. The number of amides is 1. The van der Waals surface area contributed by atoms with Crippen LogP contribution >= 0.6 is 0 Å². The van der Waals surface area contributed by atoms with E-state index < -0.39 is 6.10 Å². The summed E-state index contributed by atoms with van der Waals surface area (Å²) in [5.41, 5.74) is 0.895. The first-order chi connectivity index (χ1) is 11.5. The van der Waals surface area contributed by atoms with Crippen molar-refractivity contribution in [2.24, 2.45) is 0 Å². The predicted molar refractivity (Wildman–Crippen MR) is 87.5 cm³/mol. The van der Waals surface area contributed by atoms with Gasteiger partial charge in [-0.3, -0.25) is 9.59 Å². The topological polar surface area (TPSA) is 55.4 Å².